The topological polar surface area (TPSA) is 75.2 Å². The van der Waals surface area contributed by atoms with Crippen molar-refractivity contribution in [3.63, 3.8) is 0 Å². The number of nitrogens with zero attached hydrogens (tertiary/aromatic N) is 2. The summed E-state index contributed by atoms with van der Waals surface area (Å²) < 4.78 is 10.8. The molecule has 1 aliphatic carbocycles. The minimum atomic E-state index is 0.00487. The molecule has 26 heavy (non-hydrogen) atoms. The van der Waals surface area contributed by atoms with Crippen molar-refractivity contribution in [1.29, 1.82) is 0 Å². The van der Waals surface area contributed by atoms with Gasteiger partial charge in [0.2, 0.25) is 5.91 Å². The molecule has 2 rings (SSSR count). The van der Waals surface area contributed by atoms with Crippen LogP contribution in [0.1, 0.15) is 38.5 Å². The second-order valence-electron chi connectivity index (χ2n) is 7.87. The highest BCUT2D eigenvalue weighted by Gasteiger charge is 2.33. The van der Waals surface area contributed by atoms with Crippen LogP contribution in [0.3, 0.4) is 0 Å². The third-order valence-electron chi connectivity index (χ3n) is 5.58. The second kappa shape index (κ2) is 10.7. The Bertz CT molecular complexity index is 456. The average Bonchev–Trinajstić information content (AvgIpc) is 3.31. The summed E-state index contributed by atoms with van der Waals surface area (Å²) in [6.45, 7) is 4.29. The van der Waals surface area contributed by atoms with Gasteiger partial charge >= 0.3 is 0 Å². The molecule has 2 aliphatic rings. The van der Waals surface area contributed by atoms with Crippen molar-refractivity contribution < 1.29 is 14.3 Å². The fourth-order valence-electron chi connectivity index (χ4n) is 3.68. The standard InChI is InChI=1S/C19H36N4O3/c1-23(2)17(24)13-21-18(20-12-16-6-10-26-14-16)22-15-19(9-11-25-3)7-4-5-8-19/h16H,4-15H2,1-3H3,(H2,20,21,22). The molecule has 1 aliphatic heterocycles. The van der Waals surface area contributed by atoms with E-state index in [-0.39, 0.29) is 17.9 Å². The SMILES string of the molecule is COCCC1(CNC(=NCC(=O)N(C)C)NCC2CCOC2)CCCC1. The summed E-state index contributed by atoms with van der Waals surface area (Å²) in [4.78, 5) is 18.0. The van der Waals surface area contributed by atoms with Crippen LogP contribution in [0.15, 0.2) is 4.99 Å². The van der Waals surface area contributed by atoms with Crippen molar-refractivity contribution in [2.75, 3.05) is 60.7 Å². The third kappa shape index (κ3) is 6.76. The van der Waals surface area contributed by atoms with Crippen LogP contribution in [0.5, 0.6) is 0 Å². The summed E-state index contributed by atoms with van der Waals surface area (Å²) in [5, 5.41) is 6.91. The summed E-state index contributed by atoms with van der Waals surface area (Å²) in [6.07, 6.45) is 7.16. The van der Waals surface area contributed by atoms with Gasteiger partial charge in [0.15, 0.2) is 5.96 Å². The summed E-state index contributed by atoms with van der Waals surface area (Å²) in [5.74, 6) is 1.25. The van der Waals surface area contributed by atoms with E-state index < -0.39 is 0 Å². The zero-order valence-electron chi connectivity index (χ0n) is 16.7. The van der Waals surface area contributed by atoms with Crippen LogP contribution < -0.4 is 10.6 Å². The van der Waals surface area contributed by atoms with E-state index in [9.17, 15) is 4.79 Å². The normalized spacial score (nSPS) is 22.4. The molecular weight excluding hydrogens is 332 g/mol. The van der Waals surface area contributed by atoms with Crippen LogP contribution in [0, 0.1) is 11.3 Å². The number of hydrogen-bond acceptors (Lipinski definition) is 4. The Labute approximate surface area is 157 Å². The zero-order valence-corrected chi connectivity index (χ0v) is 16.7. The zero-order chi connectivity index (χ0) is 18.8. The number of aliphatic imine (C=N–C) groups is 1. The lowest BCUT2D eigenvalue weighted by atomic mass is 9.83. The largest absolute Gasteiger partial charge is 0.385 e. The molecule has 7 nitrogen and oxygen atoms in total. The second-order valence-corrected chi connectivity index (χ2v) is 7.87. The monoisotopic (exact) mass is 368 g/mol. The first-order chi connectivity index (χ1) is 12.5. The number of amides is 1. The average molecular weight is 369 g/mol. The van der Waals surface area contributed by atoms with Crippen LogP contribution in [0.4, 0.5) is 0 Å². The van der Waals surface area contributed by atoms with Crippen molar-refractivity contribution in [3.8, 4) is 0 Å². The predicted molar refractivity (Wildman–Crippen MR) is 103 cm³/mol. The first-order valence-electron chi connectivity index (χ1n) is 9.84. The smallest absolute Gasteiger partial charge is 0.243 e. The van der Waals surface area contributed by atoms with Gasteiger partial charge in [0, 0.05) is 53.4 Å². The molecule has 1 amide bonds. The maximum Gasteiger partial charge on any atom is 0.243 e. The van der Waals surface area contributed by atoms with Gasteiger partial charge in [0.25, 0.3) is 0 Å². The van der Waals surface area contributed by atoms with Gasteiger partial charge in [-0.05, 0) is 31.1 Å². The van der Waals surface area contributed by atoms with E-state index in [1.807, 2.05) is 0 Å². The maximum atomic E-state index is 11.9. The third-order valence-corrected chi connectivity index (χ3v) is 5.58. The number of methoxy groups -OCH3 is 1. The van der Waals surface area contributed by atoms with Crippen LogP contribution in [0.25, 0.3) is 0 Å². The Morgan fingerprint density at radius 1 is 1.31 bits per heavy atom. The number of nitrogens with one attached hydrogen (secondary N) is 2. The molecule has 2 fully saturated rings. The van der Waals surface area contributed by atoms with Crippen molar-refractivity contribution in [2.45, 2.75) is 38.5 Å². The van der Waals surface area contributed by atoms with Crippen molar-refractivity contribution in [1.82, 2.24) is 15.5 Å². The Morgan fingerprint density at radius 3 is 2.69 bits per heavy atom. The molecule has 1 saturated heterocycles. The van der Waals surface area contributed by atoms with Gasteiger partial charge in [-0.15, -0.1) is 0 Å². The number of carbonyl (C=O) groups is 1. The number of carbonyl (C=O) groups excluding carboxylic acids is 1. The van der Waals surface area contributed by atoms with E-state index in [1.165, 1.54) is 25.7 Å². The molecule has 0 aromatic rings. The summed E-state index contributed by atoms with van der Waals surface area (Å²) in [6, 6.07) is 0. The van der Waals surface area contributed by atoms with Gasteiger partial charge in [-0.1, -0.05) is 12.8 Å². The fourth-order valence-corrected chi connectivity index (χ4v) is 3.68. The first kappa shape index (κ1) is 21.0. The Kier molecular flexibility index (Phi) is 8.65. The van der Waals surface area contributed by atoms with Crippen LogP contribution in [-0.4, -0.2) is 77.4 Å². The van der Waals surface area contributed by atoms with E-state index in [1.54, 1.807) is 26.1 Å². The summed E-state index contributed by atoms with van der Waals surface area (Å²) in [5.41, 5.74) is 0.278. The van der Waals surface area contributed by atoms with Gasteiger partial charge in [-0.2, -0.15) is 0 Å². The van der Waals surface area contributed by atoms with Crippen molar-refractivity contribution in [3.05, 3.63) is 0 Å². The van der Waals surface area contributed by atoms with Crippen LogP contribution >= 0.6 is 0 Å². The molecule has 0 aromatic carbocycles. The van der Waals surface area contributed by atoms with Crippen LogP contribution in [-0.2, 0) is 14.3 Å². The van der Waals surface area contributed by atoms with E-state index in [0.29, 0.717) is 5.92 Å². The lowest BCUT2D eigenvalue weighted by Crippen LogP contribution is -2.45. The molecule has 1 heterocycles. The van der Waals surface area contributed by atoms with E-state index >= 15 is 0 Å². The lowest BCUT2D eigenvalue weighted by molar-refractivity contribution is -0.127. The highest BCUT2D eigenvalue weighted by Crippen LogP contribution is 2.40. The number of likely N-dealkylation sites (N-methyl/N-ethyl adjacent to an activating group) is 1. The molecule has 1 atom stereocenters. The Balaban J connectivity index is 1.92. The van der Waals surface area contributed by atoms with Gasteiger partial charge in [0.1, 0.15) is 6.54 Å². The van der Waals surface area contributed by atoms with Gasteiger partial charge < -0.3 is 25.0 Å². The maximum absolute atomic E-state index is 11.9. The van der Waals surface area contributed by atoms with Gasteiger partial charge in [-0.3, -0.25) is 4.79 Å². The molecule has 0 bridgehead atoms. The minimum Gasteiger partial charge on any atom is -0.385 e. The quantitative estimate of drug-likeness (QED) is 0.473. The van der Waals surface area contributed by atoms with Crippen LogP contribution in [0.2, 0.25) is 0 Å². The van der Waals surface area contributed by atoms with Gasteiger partial charge in [-0.25, -0.2) is 4.99 Å². The summed E-state index contributed by atoms with van der Waals surface area (Å²) >= 11 is 0. The molecule has 0 spiro atoms. The number of rotatable bonds is 9. The van der Waals surface area contributed by atoms with Crippen molar-refractivity contribution in [2.24, 2.45) is 16.3 Å². The van der Waals surface area contributed by atoms with E-state index in [2.05, 4.69) is 15.6 Å². The van der Waals surface area contributed by atoms with E-state index in [4.69, 9.17) is 9.47 Å². The number of ether oxygens (including phenoxy) is 2. The highest BCUT2D eigenvalue weighted by atomic mass is 16.5. The molecule has 1 saturated carbocycles. The van der Waals surface area contributed by atoms with E-state index in [0.717, 1.165) is 51.7 Å². The molecule has 1 unspecified atom stereocenters. The molecular formula is C19H36N4O3. The first-order valence-corrected chi connectivity index (χ1v) is 9.84. The predicted octanol–water partition coefficient (Wildman–Crippen LogP) is 1.24. The minimum absolute atomic E-state index is 0.00487. The number of guanidine groups is 1. The van der Waals surface area contributed by atoms with Gasteiger partial charge in [0.05, 0.1) is 6.61 Å². The molecule has 150 valence electrons. The Morgan fingerprint density at radius 2 is 2.08 bits per heavy atom. The summed E-state index contributed by atoms with van der Waals surface area (Å²) in [7, 11) is 5.28. The molecule has 0 aromatic heterocycles. The lowest BCUT2D eigenvalue weighted by Gasteiger charge is -2.30. The highest BCUT2D eigenvalue weighted by molar-refractivity contribution is 5.84. The number of hydrogen-bond donors (Lipinski definition) is 2. The molecule has 0 radical (unpaired) electrons. The molecule has 7 heteroatoms. The fraction of sp³-hybridized carbons (Fsp3) is 0.895. The van der Waals surface area contributed by atoms with Crippen molar-refractivity contribution >= 4 is 11.9 Å². The molecule has 2 N–H and O–H groups in total. The Hall–Kier alpha value is -1.34.